The molecular weight excluding hydrogens is 328 g/mol. The molecule has 2 heterocycles. The van der Waals surface area contributed by atoms with Crippen LogP contribution in [0, 0.1) is 0 Å². The fourth-order valence-corrected chi connectivity index (χ4v) is 3.65. The molecule has 0 spiro atoms. The van der Waals surface area contributed by atoms with Gasteiger partial charge < -0.3 is 4.90 Å². The molecule has 0 radical (unpaired) electrons. The predicted octanol–water partition coefficient (Wildman–Crippen LogP) is 0.704. The Kier molecular flexibility index (Phi) is 4.68. The summed E-state index contributed by atoms with van der Waals surface area (Å²) in [6.45, 7) is 2.18. The number of rotatable bonds is 3. The third kappa shape index (κ3) is 3.65. The van der Waals surface area contributed by atoms with Gasteiger partial charge >= 0.3 is 0 Å². The van der Waals surface area contributed by atoms with Crippen molar-refractivity contribution in [3.8, 4) is 5.69 Å². The molecule has 1 saturated heterocycles. The van der Waals surface area contributed by atoms with Crippen molar-refractivity contribution in [2.75, 3.05) is 37.3 Å². The van der Waals surface area contributed by atoms with E-state index in [0.717, 1.165) is 6.42 Å². The summed E-state index contributed by atoms with van der Waals surface area (Å²) in [5.74, 6) is 0.675. The minimum Gasteiger partial charge on any atom is -0.354 e. The van der Waals surface area contributed by atoms with Crippen molar-refractivity contribution in [3.05, 3.63) is 52.8 Å². The van der Waals surface area contributed by atoms with Gasteiger partial charge in [-0.05, 0) is 24.6 Å². The molecule has 8 heteroatoms. The molecule has 0 aliphatic carbocycles. The van der Waals surface area contributed by atoms with Crippen molar-refractivity contribution in [2.24, 2.45) is 0 Å². The zero-order valence-electron chi connectivity index (χ0n) is 13.5. The maximum atomic E-state index is 12.1. The van der Waals surface area contributed by atoms with Gasteiger partial charge in [0.2, 0.25) is 10.0 Å². The van der Waals surface area contributed by atoms with Crippen LogP contribution in [0.15, 0.2) is 47.3 Å². The normalized spacial score (nSPS) is 16.8. The number of aromatic nitrogens is 2. The average Bonchev–Trinajstić information content (AvgIpc) is 2.82. The summed E-state index contributed by atoms with van der Waals surface area (Å²) < 4.78 is 26.3. The third-order valence-electron chi connectivity index (χ3n) is 4.03. The van der Waals surface area contributed by atoms with E-state index in [9.17, 15) is 13.2 Å². The average molecular weight is 348 g/mol. The third-order valence-corrected chi connectivity index (χ3v) is 5.34. The molecule has 0 unspecified atom stereocenters. The Hall–Kier alpha value is -2.19. The van der Waals surface area contributed by atoms with Crippen molar-refractivity contribution >= 4 is 15.8 Å². The molecule has 1 aromatic carbocycles. The summed E-state index contributed by atoms with van der Waals surface area (Å²) in [5, 5.41) is 4.46. The van der Waals surface area contributed by atoms with Crippen LogP contribution in [0.2, 0.25) is 0 Å². The topological polar surface area (TPSA) is 75.5 Å². The first kappa shape index (κ1) is 16.7. The van der Waals surface area contributed by atoms with E-state index in [1.807, 2.05) is 35.2 Å². The quantitative estimate of drug-likeness (QED) is 0.816. The fourth-order valence-electron chi connectivity index (χ4n) is 2.78. The largest absolute Gasteiger partial charge is 0.354 e. The molecular formula is C16H20N4O3S. The number of para-hydroxylation sites is 1. The highest BCUT2D eigenvalue weighted by atomic mass is 32.2. The summed E-state index contributed by atoms with van der Waals surface area (Å²) in [4.78, 5) is 14.1. The van der Waals surface area contributed by atoms with Crippen molar-refractivity contribution < 1.29 is 8.42 Å². The zero-order valence-corrected chi connectivity index (χ0v) is 14.3. The number of anilines is 1. The molecule has 0 N–H and O–H groups in total. The van der Waals surface area contributed by atoms with Gasteiger partial charge in [-0.15, -0.1) is 5.10 Å². The van der Waals surface area contributed by atoms with E-state index in [2.05, 4.69) is 5.10 Å². The molecule has 0 bridgehead atoms. The minimum atomic E-state index is -3.18. The van der Waals surface area contributed by atoms with Crippen LogP contribution in [0.3, 0.4) is 0 Å². The van der Waals surface area contributed by atoms with Gasteiger partial charge in [0, 0.05) is 32.2 Å². The van der Waals surface area contributed by atoms with Gasteiger partial charge in [0.1, 0.15) is 5.82 Å². The zero-order chi connectivity index (χ0) is 17.2. The first-order valence-electron chi connectivity index (χ1n) is 7.81. The highest BCUT2D eigenvalue weighted by molar-refractivity contribution is 7.88. The van der Waals surface area contributed by atoms with Crippen LogP contribution in [0.1, 0.15) is 6.42 Å². The molecule has 0 atom stereocenters. The molecule has 0 amide bonds. The fraction of sp³-hybridized carbons (Fsp3) is 0.375. The van der Waals surface area contributed by atoms with Crippen molar-refractivity contribution in [2.45, 2.75) is 6.42 Å². The second-order valence-electron chi connectivity index (χ2n) is 5.78. The van der Waals surface area contributed by atoms with Crippen LogP contribution in [-0.4, -0.2) is 54.9 Å². The lowest BCUT2D eigenvalue weighted by molar-refractivity contribution is 0.437. The number of sulfonamides is 1. The van der Waals surface area contributed by atoms with Crippen LogP contribution < -0.4 is 10.5 Å². The molecule has 1 fully saturated rings. The smallest absolute Gasteiger partial charge is 0.271 e. The summed E-state index contributed by atoms with van der Waals surface area (Å²) in [6, 6.07) is 12.4. The number of nitrogens with zero attached hydrogens (tertiary/aromatic N) is 4. The van der Waals surface area contributed by atoms with Gasteiger partial charge in [-0.3, -0.25) is 4.79 Å². The van der Waals surface area contributed by atoms with Gasteiger partial charge in [0.25, 0.3) is 5.56 Å². The van der Waals surface area contributed by atoms with Gasteiger partial charge in [0.15, 0.2) is 0 Å². The SMILES string of the molecule is CS(=O)(=O)N1CCCN(c2ccc(=O)n(-c3ccccc3)n2)CC1. The molecule has 1 aliphatic rings. The van der Waals surface area contributed by atoms with E-state index in [1.165, 1.54) is 21.3 Å². The summed E-state index contributed by atoms with van der Waals surface area (Å²) in [5.41, 5.74) is 0.509. The molecule has 1 aliphatic heterocycles. The Bertz CT molecular complexity index is 864. The Balaban J connectivity index is 1.87. The van der Waals surface area contributed by atoms with E-state index in [-0.39, 0.29) is 5.56 Å². The monoisotopic (exact) mass is 348 g/mol. The Labute approximate surface area is 141 Å². The molecule has 128 valence electrons. The van der Waals surface area contributed by atoms with Crippen LogP contribution >= 0.6 is 0 Å². The van der Waals surface area contributed by atoms with Crippen LogP contribution in [0.25, 0.3) is 5.69 Å². The first-order chi connectivity index (χ1) is 11.4. The summed E-state index contributed by atoms with van der Waals surface area (Å²) in [6.07, 6.45) is 1.95. The van der Waals surface area contributed by atoms with E-state index < -0.39 is 10.0 Å². The Morgan fingerprint density at radius 2 is 1.71 bits per heavy atom. The van der Waals surface area contributed by atoms with E-state index in [1.54, 1.807) is 6.07 Å². The van der Waals surface area contributed by atoms with Gasteiger partial charge in [-0.1, -0.05) is 18.2 Å². The van der Waals surface area contributed by atoms with Gasteiger partial charge in [-0.25, -0.2) is 12.7 Å². The molecule has 3 rings (SSSR count). The second kappa shape index (κ2) is 6.74. The molecule has 1 aromatic heterocycles. The standard InChI is InChI=1S/C16H20N4O3S/c1-24(22,23)19-11-5-10-18(12-13-19)15-8-9-16(21)20(17-15)14-6-3-2-4-7-14/h2-4,6-9H,5,10-13H2,1H3. The number of hydrogen-bond acceptors (Lipinski definition) is 5. The van der Waals surface area contributed by atoms with Crippen LogP contribution in [0.5, 0.6) is 0 Å². The highest BCUT2D eigenvalue weighted by Crippen LogP contribution is 2.14. The van der Waals surface area contributed by atoms with E-state index in [0.29, 0.717) is 37.7 Å². The maximum absolute atomic E-state index is 12.1. The summed E-state index contributed by atoms with van der Waals surface area (Å²) in [7, 11) is -3.18. The molecule has 24 heavy (non-hydrogen) atoms. The maximum Gasteiger partial charge on any atom is 0.271 e. The molecule has 2 aromatic rings. The second-order valence-corrected chi connectivity index (χ2v) is 7.76. The highest BCUT2D eigenvalue weighted by Gasteiger charge is 2.22. The van der Waals surface area contributed by atoms with Gasteiger partial charge in [-0.2, -0.15) is 4.68 Å². The van der Waals surface area contributed by atoms with Crippen molar-refractivity contribution in [3.63, 3.8) is 0 Å². The van der Waals surface area contributed by atoms with Crippen LogP contribution in [0.4, 0.5) is 5.82 Å². The summed E-state index contributed by atoms with van der Waals surface area (Å²) >= 11 is 0. The van der Waals surface area contributed by atoms with Gasteiger partial charge in [0.05, 0.1) is 11.9 Å². The predicted molar refractivity (Wildman–Crippen MR) is 93.1 cm³/mol. The molecule has 0 saturated carbocycles. The van der Waals surface area contributed by atoms with Crippen molar-refractivity contribution in [1.29, 1.82) is 0 Å². The Morgan fingerprint density at radius 1 is 0.958 bits per heavy atom. The lowest BCUT2D eigenvalue weighted by Crippen LogP contribution is -2.35. The van der Waals surface area contributed by atoms with E-state index in [4.69, 9.17) is 0 Å². The molecule has 7 nitrogen and oxygen atoms in total. The van der Waals surface area contributed by atoms with E-state index >= 15 is 0 Å². The lowest BCUT2D eigenvalue weighted by atomic mass is 10.3. The van der Waals surface area contributed by atoms with Crippen molar-refractivity contribution in [1.82, 2.24) is 14.1 Å². The Morgan fingerprint density at radius 3 is 2.42 bits per heavy atom. The first-order valence-corrected chi connectivity index (χ1v) is 9.66. The van der Waals surface area contributed by atoms with Crippen LogP contribution in [-0.2, 0) is 10.0 Å². The minimum absolute atomic E-state index is 0.197. The number of hydrogen-bond donors (Lipinski definition) is 0. The lowest BCUT2D eigenvalue weighted by Gasteiger charge is -2.22. The number of benzene rings is 1.